The maximum absolute atomic E-state index is 11.4. The standard InChI is InChI=1S/C10H10N2O2/c1-7(6-11)12-10(14)8-2-4-9(13)5-3-8/h2-5,7,13H,1H3,(H,12,14). The van der Waals surface area contributed by atoms with Gasteiger partial charge in [-0.15, -0.1) is 0 Å². The van der Waals surface area contributed by atoms with Crippen LogP contribution < -0.4 is 5.32 Å². The molecule has 4 heteroatoms. The van der Waals surface area contributed by atoms with Gasteiger partial charge in [0, 0.05) is 5.56 Å². The van der Waals surface area contributed by atoms with Crippen LogP contribution in [0.1, 0.15) is 17.3 Å². The van der Waals surface area contributed by atoms with Gasteiger partial charge in [0.15, 0.2) is 0 Å². The third-order valence-corrected chi connectivity index (χ3v) is 1.67. The number of nitriles is 1. The van der Waals surface area contributed by atoms with Gasteiger partial charge >= 0.3 is 0 Å². The maximum Gasteiger partial charge on any atom is 0.252 e. The molecule has 14 heavy (non-hydrogen) atoms. The number of nitrogens with zero attached hydrogens (tertiary/aromatic N) is 1. The van der Waals surface area contributed by atoms with Gasteiger partial charge in [-0.3, -0.25) is 4.79 Å². The van der Waals surface area contributed by atoms with Crippen LogP contribution >= 0.6 is 0 Å². The Labute approximate surface area is 81.8 Å². The number of phenols is 1. The Morgan fingerprint density at radius 2 is 2.07 bits per heavy atom. The molecule has 0 heterocycles. The molecule has 0 bridgehead atoms. The van der Waals surface area contributed by atoms with Gasteiger partial charge in [-0.1, -0.05) is 0 Å². The minimum atomic E-state index is -0.517. The lowest BCUT2D eigenvalue weighted by atomic mass is 10.2. The third kappa shape index (κ3) is 2.49. The van der Waals surface area contributed by atoms with Gasteiger partial charge in [-0.25, -0.2) is 0 Å². The van der Waals surface area contributed by atoms with Crippen LogP contribution in [-0.4, -0.2) is 17.1 Å². The molecule has 0 aliphatic rings. The number of hydrogen-bond acceptors (Lipinski definition) is 3. The number of phenolic OH excluding ortho intramolecular Hbond substituents is 1. The molecule has 0 aliphatic carbocycles. The second-order valence-corrected chi connectivity index (χ2v) is 2.87. The Hall–Kier alpha value is -2.02. The van der Waals surface area contributed by atoms with Crippen molar-refractivity contribution in [2.45, 2.75) is 13.0 Å². The van der Waals surface area contributed by atoms with Crippen molar-refractivity contribution in [1.29, 1.82) is 5.26 Å². The van der Waals surface area contributed by atoms with Crippen LogP contribution in [0.5, 0.6) is 5.75 Å². The van der Waals surface area contributed by atoms with Crippen LogP contribution in [0.3, 0.4) is 0 Å². The van der Waals surface area contributed by atoms with E-state index in [1.165, 1.54) is 24.3 Å². The van der Waals surface area contributed by atoms with Crippen LogP contribution in [0.25, 0.3) is 0 Å². The third-order valence-electron chi connectivity index (χ3n) is 1.67. The summed E-state index contributed by atoms with van der Waals surface area (Å²) in [5.74, 6) is -0.214. The summed E-state index contributed by atoms with van der Waals surface area (Å²) in [7, 11) is 0. The van der Waals surface area contributed by atoms with Gasteiger partial charge in [0.2, 0.25) is 0 Å². The predicted molar refractivity (Wildman–Crippen MR) is 50.6 cm³/mol. The number of rotatable bonds is 2. The summed E-state index contributed by atoms with van der Waals surface area (Å²) in [4.78, 5) is 11.4. The molecule has 1 aromatic carbocycles. The summed E-state index contributed by atoms with van der Waals surface area (Å²) < 4.78 is 0. The monoisotopic (exact) mass is 190 g/mol. The molecule has 0 spiro atoms. The topological polar surface area (TPSA) is 73.1 Å². The minimum absolute atomic E-state index is 0.106. The molecule has 1 unspecified atom stereocenters. The summed E-state index contributed by atoms with van der Waals surface area (Å²) in [6, 6.07) is 7.21. The fourth-order valence-electron chi connectivity index (χ4n) is 0.925. The summed E-state index contributed by atoms with van der Waals surface area (Å²) in [6.45, 7) is 1.60. The average molecular weight is 190 g/mol. The Kier molecular flexibility index (Phi) is 3.08. The zero-order valence-corrected chi connectivity index (χ0v) is 7.69. The second kappa shape index (κ2) is 4.28. The SMILES string of the molecule is CC(C#N)NC(=O)c1ccc(O)cc1. The fourth-order valence-corrected chi connectivity index (χ4v) is 0.925. The van der Waals surface area contributed by atoms with Crippen molar-refractivity contribution in [3.63, 3.8) is 0 Å². The molecule has 4 nitrogen and oxygen atoms in total. The van der Waals surface area contributed by atoms with Gasteiger partial charge in [-0.2, -0.15) is 5.26 Å². The second-order valence-electron chi connectivity index (χ2n) is 2.87. The van der Waals surface area contributed by atoms with Gasteiger partial charge in [-0.05, 0) is 31.2 Å². The van der Waals surface area contributed by atoms with Crippen molar-refractivity contribution < 1.29 is 9.90 Å². The van der Waals surface area contributed by atoms with Crippen molar-refractivity contribution in [2.75, 3.05) is 0 Å². The smallest absolute Gasteiger partial charge is 0.252 e. The highest BCUT2D eigenvalue weighted by Gasteiger charge is 2.07. The van der Waals surface area contributed by atoms with Crippen molar-refractivity contribution in [2.24, 2.45) is 0 Å². The zero-order chi connectivity index (χ0) is 10.6. The molecular weight excluding hydrogens is 180 g/mol. The molecule has 0 aromatic heterocycles. The first-order valence-corrected chi connectivity index (χ1v) is 4.13. The van der Waals surface area contributed by atoms with Crippen molar-refractivity contribution in [3.05, 3.63) is 29.8 Å². The van der Waals surface area contributed by atoms with E-state index in [1.54, 1.807) is 6.92 Å². The summed E-state index contributed by atoms with van der Waals surface area (Å²) in [5, 5.41) is 19.9. The van der Waals surface area contributed by atoms with E-state index in [0.717, 1.165) is 0 Å². The lowest BCUT2D eigenvalue weighted by Gasteiger charge is -2.05. The summed E-state index contributed by atoms with van der Waals surface area (Å²) in [6.07, 6.45) is 0. The van der Waals surface area contributed by atoms with E-state index >= 15 is 0 Å². The Balaban J connectivity index is 2.71. The largest absolute Gasteiger partial charge is 0.508 e. The molecule has 0 saturated carbocycles. The van der Waals surface area contributed by atoms with Gasteiger partial charge in [0.25, 0.3) is 5.91 Å². The van der Waals surface area contributed by atoms with E-state index in [-0.39, 0.29) is 11.7 Å². The van der Waals surface area contributed by atoms with Crippen LogP contribution in [0.4, 0.5) is 0 Å². The summed E-state index contributed by atoms with van der Waals surface area (Å²) in [5.41, 5.74) is 0.421. The molecule has 1 rings (SSSR count). The molecule has 2 N–H and O–H groups in total. The first kappa shape index (κ1) is 10.1. The molecule has 1 aromatic rings. The first-order chi connectivity index (χ1) is 6.63. The van der Waals surface area contributed by atoms with Crippen LogP contribution in [0, 0.1) is 11.3 Å². The Bertz CT molecular complexity index is 365. The lowest BCUT2D eigenvalue weighted by molar-refractivity contribution is 0.0948. The molecule has 0 saturated heterocycles. The highest BCUT2D eigenvalue weighted by molar-refractivity contribution is 5.94. The zero-order valence-electron chi connectivity index (χ0n) is 7.69. The number of nitrogens with one attached hydrogen (secondary N) is 1. The number of aromatic hydroxyl groups is 1. The number of carbonyl (C=O) groups is 1. The molecule has 1 amide bonds. The van der Waals surface area contributed by atoms with Gasteiger partial charge in [0.05, 0.1) is 6.07 Å². The lowest BCUT2D eigenvalue weighted by Crippen LogP contribution is -2.31. The van der Waals surface area contributed by atoms with E-state index < -0.39 is 6.04 Å². The fraction of sp³-hybridized carbons (Fsp3) is 0.200. The van der Waals surface area contributed by atoms with Crippen LogP contribution in [0.2, 0.25) is 0 Å². The average Bonchev–Trinajstić information content (AvgIpc) is 2.18. The minimum Gasteiger partial charge on any atom is -0.508 e. The maximum atomic E-state index is 11.4. The van der Waals surface area contributed by atoms with Crippen molar-refractivity contribution >= 4 is 5.91 Å². The van der Waals surface area contributed by atoms with Crippen molar-refractivity contribution in [3.8, 4) is 11.8 Å². The molecule has 0 aliphatic heterocycles. The van der Waals surface area contributed by atoms with E-state index in [0.29, 0.717) is 5.56 Å². The van der Waals surface area contributed by atoms with Crippen LogP contribution in [0.15, 0.2) is 24.3 Å². The number of benzene rings is 1. The van der Waals surface area contributed by atoms with E-state index in [2.05, 4.69) is 5.32 Å². The van der Waals surface area contributed by atoms with E-state index in [1.807, 2.05) is 6.07 Å². The quantitative estimate of drug-likeness (QED) is 0.731. The van der Waals surface area contributed by atoms with E-state index in [4.69, 9.17) is 10.4 Å². The Morgan fingerprint density at radius 1 is 1.50 bits per heavy atom. The van der Waals surface area contributed by atoms with Crippen molar-refractivity contribution in [1.82, 2.24) is 5.32 Å². The predicted octanol–water partition coefficient (Wildman–Crippen LogP) is 1.03. The highest BCUT2D eigenvalue weighted by Crippen LogP contribution is 2.09. The molecule has 0 radical (unpaired) electrons. The molecular formula is C10H10N2O2. The molecule has 72 valence electrons. The van der Waals surface area contributed by atoms with Gasteiger partial charge in [0.1, 0.15) is 11.8 Å². The number of hydrogen-bond donors (Lipinski definition) is 2. The summed E-state index contributed by atoms with van der Waals surface area (Å²) >= 11 is 0. The normalized spacial score (nSPS) is 11.4. The first-order valence-electron chi connectivity index (χ1n) is 4.13. The highest BCUT2D eigenvalue weighted by atomic mass is 16.3. The number of carbonyl (C=O) groups excluding carboxylic acids is 1. The van der Waals surface area contributed by atoms with E-state index in [9.17, 15) is 4.79 Å². The van der Waals surface area contributed by atoms with Crippen LogP contribution in [-0.2, 0) is 0 Å². The molecule has 1 atom stereocenters. The molecule has 0 fully saturated rings. The number of amides is 1. The Morgan fingerprint density at radius 3 is 2.57 bits per heavy atom. The van der Waals surface area contributed by atoms with Gasteiger partial charge < -0.3 is 10.4 Å².